The van der Waals surface area contributed by atoms with Crippen LogP contribution in [0, 0.1) is 23.8 Å². The van der Waals surface area contributed by atoms with Gasteiger partial charge in [0.15, 0.2) is 0 Å². The molecule has 4 rings (SSSR count). The third kappa shape index (κ3) is 5.30. The monoisotopic (exact) mass is 683 g/mol. The number of benzene rings is 1. The number of aromatic nitrogens is 1. The summed E-state index contributed by atoms with van der Waals surface area (Å²) >= 11 is 2.57. The van der Waals surface area contributed by atoms with E-state index in [2.05, 4.69) is 28.2 Å². The van der Waals surface area contributed by atoms with Crippen LogP contribution in [0.2, 0.25) is 0 Å². The number of nitrogens with zero attached hydrogens (tertiary/aromatic N) is 3. The predicted molar refractivity (Wildman–Crippen MR) is 130 cm³/mol. The van der Waals surface area contributed by atoms with E-state index in [1.54, 1.807) is 19.9 Å². The quantitative estimate of drug-likeness (QED) is 0.229. The van der Waals surface area contributed by atoms with Gasteiger partial charge in [-0.2, -0.15) is 0 Å². The summed E-state index contributed by atoms with van der Waals surface area (Å²) in [6, 6.07) is 2.60. The van der Waals surface area contributed by atoms with Gasteiger partial charge in [0.25, 0.3) is 0 Å². The van der Waals surface area contributed by atoms with Crippen molar-refractivity contribution in [3.05, 3.63) is 65.7 Å². The molecule has 1 aromatic heterocycles. The minimum atomic E-state index is -1.01. The van der Waals surface area contributed by atoms with E-state index >= 15 is 4.39 Å². The molecule has 0 unspecified atom stereocenters. The second-order valence-electron chi connectivity index (χ2n) is 8.91. The second kappa shape index (κ2) is 10.5. The molecule has 1 fully saturated rings. The van der Waals surface area contributed by atoms with Crippen LogP contribution in [0.4, 0.5) is 8.78 Å². The first-order chi connectivity index (χ1) is 17.1. The molecule has 36 heavy (non-hydrogen) atoms. The number of oxazole rings is 1. The molecule has 0 spiro atoms. The number of nitrogens with two attached hydrogens (primary N) is 1. The van der Waals surface area contributed by atoms with Crippen molar-refractivity contribution >= 4 is 32.3 Å². The van der Waals surface area contributed by atoms with Crippen molar-refractivity contribution in [3.63, 3.8) is 0 Å². The summed E-state index contributed by atoms with van der Waals surface area (Å²) in [4.78, 5) is 25.7. The summed E-state index contributed by atoms with van der Waals surface area (Å²) in [5.74, 6) is -1.87. The van der Waals surface area contributed by atoms with Crippen molar-refractivity contribution in [1.82, 2.24) is 4.98 Å². The van der Waals surface area contributed by atoms with Crippen LogP contribution in [0.3, 0.4) is 0 Å². The van der Waals surface area contributed by atoms with E-state index in [4.69, 9.17) is 14.9 Å². The standard InChI is InChI=1S/C25H25F2N4O3S.W/c1-4-18(29-6-8-33-14-21-30-7-9-34-21)19(32)12-15-10-16(22(27)17(26)11-15)24(3)20-13-25(20,5-2)35-23(28)31-24;/h6-7,9-11,20H,5,12-14H2,1-3H3,(H2,28,31);/q-1;/t20-,24+,25-;/m0./s1. The predicted octanol–water partition coefficient (Wildman–Crippen LogP) is 4.18. The molecular formula is C25H25F2N4O3SW-. The number of Topliss-reactive ketones (excluding diaryl/α,β-unsaturated/α-hetero) is 1. The Kier molecular flexibility index (Phi) is 7.76. The number of ether oxygens (including phenoxy) is 1. The van der Waals surface area contributed by atoms with Crippen LogP contribution in [0.1, 0.15) is 50.6 Å². The maximum absolute atomic E-state index is 15.1. The summed E-state index contributed by atoms with van der Waals surface area (Å²) in [6.07, 6.45) is 8.22. The molecular weight excluding hydrogens is 658 g/mol. The summed E-state index contributed by atoms with van der Waals surface area (Å²) in [5, 5.41) is 0.371. The van der Waals surface area contributed by atoms with Gasteiger partial charge in [0, 0.05) is 0 Å². The van der Waals surface area contributed by atoms with Gasteiger partial charge < -0.3 is 0 Å². The van der Waals surface area contributed by atoms with Crippen LogP contribution in [0.5, 0.6) is 0 Å². The Morgan fingerprint density at radius 3 is 2.92 bits per heavy atom. The van der Waals surface area contributed by atoms with Crippen molar-refractivity contribution in [1.29, 1.82) is 0 Å². The number of hydrogen-bond donors (Lipinski definition) is 1. The van der Waals surface area contributed by atoms with E-state index in [-0.39, 0.29) is 40.8 Å². The Hall–Kier alpha value is -2.45. The first-order valence-corrected chi connectivity index (χ1v) is 13.6. The third-order valence-electron chi connectivity index (χ3n) is 6.56. The molecule has 0 radical (unpaired) electrons. The minimum absolute atomic E-state index is 0.0381. The zero-order valence-electron chi connectivity index (χ0n) is 20.0. The fourth-order valence-corrected chi connectivity index (χ4v) is 6.68. The Balaban J connectivity index is 1.55. The van der Waals surface area contributed by atoms with Crippen molar-refractivity contribution in [2.45, 2.75) is 56.9 Å². The van der Waals surface area contributed by atoms with E-state index in [0.717, 1.165) is 42.2 Å². The van der Waals surface area contributed by atoms with Gasteiger partial charge in [-0.15, -0.1) is 0 Å². The van der Waals surface area contributed by atoms with Crippen LogP contribution in [-0.4, -0.2) is 30.3 Å². The molecule has 1 aromatic carbocycles. The summed E-state index contributed by atoms with van der Waals surface area (Å²) < 4.78 is 40.7. The first-order valence-electron chi connectivity index (χ1n) is 11.3. The molecule has 1 saturated carbocycles. The van der Waals surface area contributed by atoms with E-state index in [1.165, 1.54) is 30.4 Å². The zero-order valence-corrected chi connectivity index (χ0v) is 23.8. The Morgan fingerprint density at radius 1 is 1.47 bits per heavy atom. The Bertz CT molecular complexity index is 1280. The zero-order chi connectivity index (χ0) is 26.1. The van der Waals surface area contributed by atoms with Gasteiger partial charge in [0.05, 0.1) is 0 Å². The molecule has 7 nitrogen and oxygen atoms in total. The molecule has 3 atom stereocenters. The normalized spacial score (nSPS) is 25.4. The number of amidine groups is 1. The van der Waals surface area contributed by atoms with Gasteiger partial charge in [-0.1, -0.05) is 0 Å². The van der Waals surface area contributed by atoms with E-state index in [9.17, 15) is 9.18 Å². The molecule has 0 amide bonds. The molecule has 11 heteroatoms. The summed E-state index contributed by atoms with van der Waals surface area (Å²) in [6.45, 7) is 5.71. The number of ketones is 1. The summed E-state index contributed by atoms with van der Waals surface area (Å²) in [7, 11) is 0. The van der Waals surface area contributed by atoms with E-state index < -0.39 is 17.2 Å². The van der Waals surface area contributed by atoms with Crippen molar-refractivity contribution in [2.75, 3.05) is 0 Å². The molecule has 0 bridgehead atoms. The van der Waals surface area contributed by atoms with Gasteiger partial charge in [0.2, 0.25) is 0 Å². The molecule has 2 N–H and O–H groups in total. The number of aliphatic imine (C=N–C) groups is 2. The van der Waals surface area contributed by atoms with E-state index in [1.807, 2.05) is 0 Å². The van der Waals surface area contributed by atoms with Crippen LogP contribution in [0.15, 0.2) is 45.2 Å². The second-order valence-corrected chi connectivity index (χ2v) is 12.5. The first kappa shape index (κ1) is 26.6. The number of halogens is 2. The molecule has 2 aromatic rings. The van der Waals surface area contributed by atoms with Crippen molar-refractivity contribution in [3.8, 4) is 0 Å². The van der Waals surface area contributed by atoms with Gasteiger partial charge in [-0.25, -0.2) is 0 Å². The Morgan fingerprint density at radius 2 is 2.25 bits per heavy atom. The molecule has 2 heterocycles. The van der Waals surface area contributed by atoms with Gasteiger partial charge in [-0.05, 0) is 0 Å². The van der Waals surface area contributed by atoms with Crippen LogP contribution in [-0.2, 0) is 47.5 Å². The molecule has 0 saturated heterocycles. The topological polar surface area (TPSA) is 103 Å². The number of thioether (sulfide) groups is 1. The SMILES string of the molecule is CC[C@]12C[C@H]1[C@@](C)(c1cc(CC(=O)C(=NC=[C-]OCc3ncco3)[C](C)=[W])cc(F)c1F)N=C(N)S2. The van der Waals surface area contributed by atoms with Gasteiger partial charge in [0.1, 0.15) is 0 Å². The number of rotatable bonds is 10. The van der Waals surface area contributed by atoms with Crippen LogP contribution < -0.4 is 5.73 Å². The fraction of sp³-hybridized carbons (Fsp3) is 0.400. The number of carbonyl (C=O) groups is 1. The molecule has 2 aliphatic rings. The van der Waals surface area contributed by atoms with Gasteiger partial charge >= 0.3 is 224 Å². The van der Waals surface area contributed by atoms with Crippen molar-refractivity contribution in [2.24, 2.45) is 21.6 Å². The number of carbonyl (C=O) groups excluding carboxylic acids is 1. The average molecular weight is 683 g/mol. The summed E-state index contributed by atoms with van der Waals surface area (Å²) in [5.41, 5.74) is 5.80. The number of fused-ring (bicyclic) bond motifs is 1. The van der Waals surface area contributed by atoms with Crippen molar-refractivity contribution < 1.29 is 42.1 Å². The van der Waals surface area contributed by atoms with E-state index in [0.29, 0.717) is 16.6 Å². The average Bonchev–Trinajstić information content (AvgIpc) is 3.33. The van der Waals surface area contributed by atoms with Crippen LogP contribution >= 0.6 is 11.8 Å². The molecule has 1 aliphatic carbocycles. The molecule has 190 valence electrons. The Labute approximate surface area is 223 Å². The maximum atomic E-state index is 15.1. The number of hydrogen-bond acceptors (Lipinski definition) is 8. The fourth-order valence-electron chi connectivity index (χ4n) is 4.66. The third-order valence-corrected chi connectivity index (χ3v) is 8.70. The van der Waals surface area contributed by atoms with Crippen LogP contribution in [0.25, 0.3) is 0 Å². The van der Waals surface area contributed by atoms with Gasteiger partial charge in [-0.3, -0.25) is 0 Å². The molecule has 1 aliphatic heterocycles.